The molecule has 9 heavy (non-hydrogen) atoms. The topological polar surface area (TPSA) is 63.2 Å². The molecular weight excluding hydrogens is 210 g/mol. The number of carbonyl (C=O) groups is 1. The maximum Gasteiger partial charge on any atom is 0.244 e. The van der Waals surface area contributed by atoms with E-state index < -0.39 is 15.9 Å². The zero-order chi connectivity index (χ0) is 7.49. The van der Waals surface area contributed by atoms with E-state index in [1.54, 1.807) is 4.72 Å². The molecule has 1 N–H and O–H groups in total. The average molecular weight is 216 g/mol. The predicted molar refractivity (Wildman–Crippen MR) is 36.8 cm³/mol. The highest BCUT2D eigenvalue weighted by atomic mass is 79.9. The molecule has 0 atom stereocenters. The third-order valence-electron chi connectivity index (χ3n) is 0.421. The molecule has 0 saturated carbocycles. The van der Waals surface area contributed by atoms with E-state index in [4.69, 9.17) is 0 Å². The van der Waals surface area contributed by atoms with Gasteiger partial charge in [0.05, 0.1) is 11.6 Å². The van der Waals surface area contributed by atoms with Crippen LogP contribution in [0.3, 0.4) is 0 Å². The third-order valence-corrected chi connectivity index (χ3v) is 1.53. The summed E-state index contributed by atoms with van der Waals surface area (Å²) in [5.41, 5.74) is 0. The fourth-order valence-corrected chi connectivity index (χ4v) is 1.05. The molecule has 0 aromatic rings. The summed E-state index contributed by atoms with van der Waals surface area (Å²) in [6.07, 6.45) is 0.924. The average Bonchev–Trinajstić information content (AvgIpc) is 1.62. The molecule has 0 saturated heterocycles. The summed E-state index contributed by atoms with van der Waals surface area (Å²) in [5, 5.41) is 0.0000694. The van der Waals surface area contributed by atoms with Gasteiger partial charge in [-0.3, -0.25) is 9.52 Å². The molecule has 0 aliphatic carbocycles. The second kappa shape index (κ2) is 3.17. The van der Waals surface area contributed by atoms with E-state index in [9.17, 15) is 13.2 Å². The van der Waals surface area contributed by atoms with Crippen LogP contribution in [0.15, 0.2) is 0 Å². The van der Waals surface area contributed by atoms with E-state index in [1.807, 2.05) is 0 Å². The lowest BCUT2D eigenvalue weighted by atomic mass is 10.8. The number of amides is 1. The highest BCUT2D eigenvalue weighted by Crippen LogP contribution is 1.80. The molecule has 0 aromatic carbocycles. The van der Waals surface area contributed by atoms with Gasteiger partial charge in [-0.15, -0.1) is 0 Å². The normalized spacial score (nSPS) is 10.9. The fraction of sp³-hybridized carbons (Fsp3) is 0.667. The fourth-order valence-electron chi connectivity index (χ4n) is 0.234. The zero-order valence-electron chi connectivity index (χ0n) is 4.72. The van der Waals surface area contributed by atoms with Crippen LogP contribution in [0.25, 0.3) is 0 Å². The van der Waals surface area contributed by atoms with Gasteiger partial charge >= 0.3 is 0 Å². The van der Waals surface area contributed by atoms with Gasteiger partial charge < -0.3 is 0 Å². The molecule has 54 valence electrons. The maximum atomic E-state index is 10.3. The monoisotopic (exact) mass is 215 g/mol. The van der Waals surface area contributed by atoms with Crippen molar-refractivity contribution in [1.82, 2.24) is 4.72 Å². The third kappa shape index (κ3) is 5.78. The molecule has 0 unspecified atom stereocenters. The minimum absolute atomic E-state index is 0.0000694. The second-order valence-electron chi connectivity index (χ2n) is 1.43. The molecule has 6 heteroatoms. The van der Waals surface area contributed by atoms with Crippen molar-refractivity contribution in [2.45, 2.75) is 0 Å². The Morgan fingerprint density at radius 2 is 2.11 bits per heavy atom. The number of halogens is 1. The molecule has 0 aliphatic heterocycles. The Kier molecular flexibility index (Phi) is 3.13. The Morgan fingerprint density at radius 1 is 1.67 bits per heavy atom. The summed E-state index contributed by atoms with van der Waals surface area (Å²) in [4.78, 5) is 10.3. The van der Waals surface area contributed by atoms with E-state index in [0.29, 0.717) is 0 Å². The Labute approximate surface area is 61.8 Å². The van der Waals surface area contributed by atoms with Crippen molar-refractivity contribution in [3.8, 4) is 0 Å². The first-order valence-corrected chi connectivity index (χ1v) is 5.03. The van der Waals surface area contributed by atoms with Gasteiger partial charge in [0.25, 0.3) is 0 Å². The highest BCUT2D eigenvalue weighted by molar-refractivity contribution is 9.09. The standard InChI is InChI=1S/C3H6BrNO3S/c1-9(7,8)5-3(6)2-4/h2H2,1H3,(H,5,6). The molecule has 0 bridgehead atoms. The van der Waals surface area contributed by atoms with Crippen molar-refractivity contribution in [3.05, 3.63) is 0 Å². The van der Waals surface area contributed by atoms with Crippen LogP contribution in [0.5, 0.6) is 0 Å². The van der Waals surface area contributed by atoms with Gasteiger partial charge in [0.1, 0.15) is 0 Å². The Morgan fingerprint density at radius 3 is 2.22 bits per heavy atom. The zero-order valence-corrected chi connectivity index (χ0v) is 7.12. The molecule has 0 radical (unpaired) electrons. The second-order valence-corrected chi connectivity index (χ2v) is 3.74. The molecule has 1 amide bonds. The molecular formula is C3H6BrNO3S. The van der Waals surface area contributed by atoms with Gasteiger partial charge in [0.15, 0.2) is 0 Å². The lowest BCUT2D eigenvalue weighted by molar-refractivity contribution is -0.116. The summed E-state index contributed by atoms with van der Waals surface area (Å²) in [6.45, 7) is 0. The lowest BCUT2D eigenvalue weighted by Gasteiger charge is -1.95. The molecule has 0 fully saturated rings. The van der Waals surface area contributed by atoms with Crippen LogP contribution >= 0.6 is 15.9 Å². The van der Waals surface area contributed by atoms with Crippen molar-refractivity contribution in [2.75, 3.05) is 11.6 Å². The molecule has 0 heterocycles. The number of hydrogen-bond donors (Lipinski definition) is 1. The van der Waals surface area contributed by atoms with Crippen LogP contribution in [-0.2, 0) is 14.8 Å². The van der Waals surface area contributed by atoms with Gasteiger partial charge in [0.2, 0.25) is 15.9 Å². The van der Waals surface area contributed by atoms with E-state index in [1.165, 1.54) is 0 Å². The first kappa shape index (κ1) is 8.90. The van der Waals surface area contributed by atoms with Gasteiger partial charge in [0, 0.05) is 0 Å². The number of hydrogen-bond acceptors (Lipinski definition) is 3. The van der Waals surface area contributed by atoms with Crippen LogP contribution in [0.4, 0.5) is 0 Å². The van der Waals surface area contributed by atoms with Crippen molar-refractivity contribution < 1.29 is 13.2 Å². The smallest absolute Gasteiger partial charge is 0.244 e. The number of rotatable bonds is 2. The largest absolute Gasteiger partial charge is 0.273 e. The van der Waals surface area contributed by atoms with Crippen LogP contribution in [0.2, 0.25) is 0 Å². The van der Waals surface area contributed by atoms with Crippen molar-refractivity contribution in [2.24, 2.45) is 0 Å². The number of alkyl halides is 1. The first-order chi connectivity index (χ1) is 3.95. The number of sulfonamides is 1. The van der Waals surface area contributed by atoms with Crippen LogP contribution in [0.1, 0.15) is 0 Å². The molecule has 0 aliphatic rings. The minimum Gasteiger partial charge on any atom is -0.273 e. The quantitative estimate of drug-likeness (QED) is 0.630. The number of nitrogens with one attached hydrogen (secondary N) is 1. The number of carbonyl (C=O) groups excluding carboxylic acids is 1. The Balaban J connectivity index is 3.91. The molecule has 0 spiro atoms. The Hall–Kier alpha value is -0.100. The van der Waals surface area contributed by atoms with E-state index >= 15 is 0 Å². The van der Waals surface area contributed by atoms with E-state index in [0.717, 1.165) is 6.26 Å². The van der Waals surface area contributed by atoms with Crippen LogP contribution < -0.4 is 4.72 Å². The summed E-state index contributed by atoms with van der Waals surface area (Å²) in [7, 11) is -3.36. The van der Waals surface area contributed by atoms with Crippen LogP contribution in [-0.4, -0.2) is 25.9 Å². The summed E-state index contributed by atoms with van der Waals surface area (Å²) in [5.74, 6) is -0.558. The van der Waals surface area contributed by atoms with E-state index in [-0.39, 0.29) is 5.33 Å². The first-order valence-electron chi connectivity index (χ1n) is 2.02. The van der Waals surface area contributed by atoms with Gasteiger partial charge in [-0.2, -0.15) is 0 Å². The predicted octanol–water partition coefficient (Wildman–Crippen LogP) is -0.543. The minimum atomic E-state index is -3.36. The summed E-state index contributed by atoms with van der Waals surface area (Å²) < 4.78 is 22.3. The lowest BCUT2D eigenvalue weighted by Crippen LogP contribution is -2.29. The van der Waals surface area contributed by atoms with Crippen molar-refractivity contribution in [3.63, 3.8) is 0 Å². The highest BCUT2D eigenvalue weighted by Gasteiger charge is 2.04. The van der Waals surface area contributed by atoms with Crippen molar-refractivity contribution in [1.29, 1.82) is 0 Å². The van der Waals surface area contributed by atoms with E-state index in [2.05, 4.69) is 15.9 Å². The van der Waals surface area contributed by atoms with Gasteiger partial charge in [-0.25, -0.2) is 8.42 Å². The maximum absolute atomic E-state index is 10.3. The molecule has 0 aromatic heterocycles. The Bertz CT molecular complexity index is 197. The van der Waals surface area contributed by atoms with Crippen LogP contribution in [0, 0.1) is 0 Å². The summed E-state index contributed by atoms with van der Waals surface area (Å²) in [6, 6.07) is 0. The summed E-state index contributed by atoms with van der Waals surface area (Å²) >= 11 is 2.79. The molecule has 4 nitrogen and oxygen atoms in total. The molecule has 0 rings (SSSR count). The van der Waals surface area contributed by atoms with Crippen molar-refractivity contribution >= 4 is 31.9 Å². The van der Waals surface area contributed by atoms with Gasteiger partial charge in [-0.05, 0) is 0 Å². The van der Waals surface area contributed by atoms with Gasteiger partial charge in [-0.1, -0.05) is 15.9 Å². The SMILES string of the molecule is CS(=O)(=O)NC(=O)CBr.